The molecule has 0 unspecified atom stereocenters. The first-order chi connectivity index (χ1) is 9.65. The number of H-pyrrole nitrogens is 1. The molecule has 106 valence electrons. The van der Waals surface area contributed by atoms with Gasteiger partial charge in [0.15, 0.2) is 0 Å². The van der Waals surface area contributed by atoms with Gasteiger partial charge in [-0.3, -0.25) is 9.89 Å². The summed E-state index contributed by atoms with van der Waals surface area (Å²) < 4.78 is 0. The first-order valence-corrected chi connectivity index (χ1v) is 6.80. The second-order valence-electron chi connectivity index (χ2n) is 5.13. The van der Waals surface area contributed by atoms with Gasteiger partial charge in [0.25, 0.3) is 5.91 Å². The number of hydrogen-bond donors (Lipinski definition) is 2. The van der Waals surface area contributed by atoms with Crippen molar-refractivity contribution >= 4 is 22.5 Å². The van der Waals surface area contributed by atoms with Crippen LogP contribution >= 0.6 is 0 Å². The SMILES string of the molecule is C[C@@H](O)C(=O)N1CCN(c2ccc3[nH]ncc3c2)CC1. The van der Waals surface area contributed by atoms with E-state index in [0.717, 1.165) is 29.7 Å². The summed E-state index contributed by atoms with van der Waals surface area (Å²) in [6.07, 6.45) is 0.898. The smallest absolute Gasteiger partial charge is 0.251 e. The summed E-state index contributed by atoms with van der Waals surface area (Å²) in [5, 5.41) is 17.4. The number of rotatable bonds is 2. The Kier molecular flexibility index (Phi) is 3.31. The van der Waals surface area contributed by atoms with Gasteiger partial charge in [-0.05, 0) is 25.1 Å². The number of piperazine rings is 1. The molecular formula is C14H18N4O2. The molecule has 1 saturated heterocycles. The number of aliphatic hydroxyl groups excluding tert-OH is 1. The zero-order chi connectivity index (χ0) is 14.1. The normalized spacial score (nSPS) is 17.5. The van der Waals surface area contributed by atoms with E-state index in [4.69, 9.17) is 0 Å². The van der Waals surface area contributed by atoms with Crippen LogP contribution in [0, 0.1) is 0 Å². The number of aliphatic hydroxyl groups is 1. The highest BCUT2D eigenvalue weighted by Crippen LogP contribution is 2.21. The van der Waals surface area contributed by atoms with Gasteiger partial charge in [-0.1, -0.05) is 0 Å². The van der Waals surface area contributed by atoms with E-state index in [1.165, 1.54) is 6.92 Å². The monoisotopic (exact) mass is 274 g/mol. The second kappa shape index (κ2) is 5.13. The molecule has 2 heterocycles. The van der Waals surface area contributed by atoms with Crippen molar-refractivity contribution in [3.63, 3.8) is 0 Å². The highest BCUT2D eigenvalue weighted by Gasteiger charge is 2.23. The van der Waals surface area contributed by atoms with Crippen molar-refractivity contribution in [2.24, 2.45) is 0 Å². The number of benzene rings is 1. The van der Waals surface area contributed by atoms with Gasteiger partial charge in [0.2, 0.25) is 0 Å². The Bertz CT molecular complexity index is 614. The Hall–Kier alpha value is -2.08. The Morgan fingerprint density at radius 2 is 2.10 bits per heavy atom. The molecule has 1 atom stereocenters. The summed E-state index contributed by atoms with van der Waals surface area (Å²) in [6, 6.07) is 6.18. The average Bonchev–Trinajstić information content (AvgIpc) is 2.94. The molecule has 0 bridgehead atoms. The van der Waals surface area contributed by atoms with Gasteiger partial charge in [-0.2, -0.15) is 5.10 Å². The predicted molar refractivity (Wildman–Crippen MR) is 76.6 cm³/mol. The van der Waals surface area contributed by atoms with Crippen molar-refractivity contribution in [2.75, 3.05) is 31.1 Å². The maximum atomic E-state index is 11.7. The van der Waals surface area contributed by atoms with Crippen molar-refractivity contribution in [3.05, 3.63) is 24.4 Å². The number of fused-ring (bicyclic) bond motifs is 1. The highest BCUT2D eigenvalue weighted by atomic mass is 16.3. The number of nitrogens with zero attached hydrogens (tertiary/aromatic N) is 3. The quantitative estimate of drug-likeness (QED) is 0.841. The maximum Gasteiger partial charge on any atom is 0.251 e. The zero-order valence-electron chi connectivity index (χ0n) is 11.4. The Morgan fingerprint density at radius 3 is 2.80 bits per heavy atom. The minimum absolute atomic E-state index is 0.185. The van der Waals surface area contributed by atoms with Crippen LogP contribution in [-0.2, 0) is 4.79 Å². The molecule has 0 spiro atoms. The number of amides is 1. The molecule has 1 aliphatic heterocycles. The number of carbonyl (C=O) groups is 1. The highest BCUT2D eigenvalue weighted by molar-refractivity contribution is 5.82. The van der Waals surface area contributed by atoms with Crippen LogP contribution in [0.5, 0.6) is 0 Å². The largest absolute Gasteiger partial charge is 0.384 e. The van der Waals surface area contributed by atoms with E-state index in [1.807, 2.05) is 12.3 Å². The third kappa shape index (κ3) is 2.34. The van der Waals surface area contributed by atoms with E-state index in [2.05, 4.69) is 27.2 Å². The molecule has 0 radical (unpaired) electrons. The molecule has 3 rings (SSSR count). The van der Waals surface area contributed by atoms with Gasteiger partial charge in [0.1, 0.15) is 6.10 Å². The van der Waals surface area contributed by atoms with E-state index in [-0.39, 0.29) is 5.91 Å². The average molecular weight is 274 g/mol. The van der Waals surface area contributed by atoms with Gasteiger partial charge in [0.05, 0.1) is 11.7 Å². The summed E-state index contributed by atoms with van der Waals surface area (Å²) in [4.78, 5) is 15.7. The van der Waals surface area contributed by atoms with Gasteiger partial charge >= 0.3 is 0 Å². The first-order valence-electron chi connectivity index (χ1n) is 6.80. The fourth-order valence-corrected chi connectivity index (χ4v) is 2.58. The number of aromatic amines is 1. The summed E-state index contributed by atoms with van der Waals surface area (Å²) in [5.41, 5.74) is 2.17. The van der Waals surface area contributed by atoms with E-state index >= 15 is 0 Å². The maximum absolute atomic E-state index is 11.7. The topological polar surface area (TPSA) is 72.5 Å². The van der Waals surface area contributed by atoms with Crippen LogP contribution in [0.2, 0.25) is 0 Å². The van der Waals surface area contributed by atoms with Gasteiger partial charge in [-0.15, -0.1) is 0 Å². The van der Waals surface area contributed by atoms with Gasteiger partial charge in [-0.25, -0.2) is 0 Å². The van der Waals surface area contributed by atoms with Crippen molar-refractivity contribution in [1.82, 2.24) is 15.1 Å². The lowest BCUT2D eigenvalue weighted by Gasteiger charge is -2.36. The molecule has 6 nitrogen and oxygen atoms in total. The molecule has 0 aliphatic carbocycles. The van der Waals surface area contributed by atoms with Crippen LogP contribution in [-0.4, -0.2) is 58.4 Å². The summed E-state index contributed by atoms with van der Waals surface area (Å²) in [6.45, 7) is 4.37. The zero-order valence-corrected chi connectivity index (χ0v) is 11.4. The number of carbonyl (C=O) groups excluding carboxylic acids is 1. The summed E-state index contributed by atoms with van der Waals surface area (Å²) >= 11 is 0. The van der Waals surface area contributed by atoms with Crippen molar-refractivity contribution in [2.45, 2.75) is 13.0 Å². The predicted octanol–water partition coefficient (Wildman–Crippen LogP) is 0.592. The number of hydrogen-bond acceptors (Lipinski definition) is 4. The standard InChI is InChI=1S/C14H18N4O2/c1-10(19)14(20)18-6-4-17(5-7-18)12-2-3-13-11(8-12)9-15-16-13/h2-3,8-10,19H,4-7H2,1H3,(H,15,16)/t10-/m1/s1. The van der Waals surface area contributed by atoms with Crippen molar-refractivity contribution in [1.29, 1.82) is 0 Å². The fraction of sp³-hybridized carbons (Fsp3) is 0.429. The third-order valence-electron chi connectivity index (χ3n) is 3.74. The van der Waals surface area contributed by atoms with Crippen LogP contribution in [0.3, 0.4) is 0 Å². The number of anilines is 1. The molecular weight excluding hydrogens is 256 g/mol. The Balaban J connectivity index is 1.69. The lowest BCUT2D eigenvalue weighted by atomic mass is 10.2. The molecule has 1 aromatic carbocycles. The van der Waals surface area contributed by atoms with E-state index < -0.39 is 6.10 Å². The van der Waals surface area contributed by atoms with Crippen LogP contribution in [0.15, 0.2) is 24.4 Å². The van der Waals surface area contributed by atoms with Gasteiger partial charge < -0.3 is 14.9 Å². The van der Waals surface area contributed by atoms with Gasteiger partial charge in [0, 0.05) is 37.3 Å². The Morgan fingerprint density at radius 1 is 1.35 bits per heavy atom. The molecule has 1 amide bonds. The number of aromatic nitrogens is 2. The molecule has 2 N–H and O–H groups in total. The van der Waals surface area contributed by atoms with Crippen molar-refractivity contribution in [3.8, 4) is 0 Å². The molecule has 1 aliphatic rings. The van der Waals surface area contributed by atoms with E-state index in [9.17, 15) is 9.90 Å². The Labute approximate surface area is 117 Å². The molecule has 2 aromatic rings. The minimum Gasteiger partial charge on any atom is -0.384 e. The lowest BCUT2D eigenvalue weighted by molar-refractivity contribution is -0.139. The second-order valence-corrected chi connectivity index (χ2v) is 5.13. The lowest BCUT2D eigenvalue weighted by Crippen LogP contribution is -2.51. The first kappa shape index (κ1) is 12.9. The summed E-state index contributed by atoms with van der Waals surface area (Å²) in [5.74, 6) is -0.185. The number of nitrogens with one attached hydrogen (secondary N) is 1. The third-order valence-corrected chi connectivity index (χ3v) is 3.74. The van der Waals surface area contributed by atoms with Crippen LogP contribution < -0.4 is 4.90 Å². The molecule has 0 saturated carbocycles. The fourth-order valence-electron chi connectivity index (χ4n) is 2.58. The molecule has 1 aromatic heterocycles. The minimum atomic E-state index is -0.913. The summed E-state index contributed by atoms with van der Waals surface area (Å²) in [7, 11) is 0. The molecule has 6 heteroatoms. The van der Waals surface area contributed by atoms with Crippen molar-refractivity contribution < 1.29 is 9.90 Å². The van der Waals surface area contributed by atoms with E-state index in [1.54, 1.807) is 4.90 Å². The molecule has 1 fully saturated rings. The van der Waals surface area contributed by atoms with Crippen LogP contribution in [0.1, 0.15) is 6.92 Å². The molecule has 20 heavy (non-hydrogen) atoms. The van der Waals surface area contributed by atoms with Crippen LogP contribution in [0.4, 0.5) is 5.69 Å². The van der Waals surface area contributed by atoms with E-state index in [0.29, 0.717) is 13.1 Å². The van der Waals surface area contributed by atoms with Crippen LogP contribution in [0.25, 0.3) is 10.9 Å².